The van der Waals surface area contributed by atoms with Crippen LogP contribution in [-0.2, 0) is 11.3 Å². The Morgan fingerprint density at radius 1 is 1.50 bits per heavy atom. The zero-order chi connectivity index (χ0) is 13.3. The maximum absolute atomic E-state index is 12.2. The molecule has 0 aliphatic carbocycles. The Balaban J connectivity index is 2.74. The molecule has 0 amide bonds. The summed E-state index contributed by atoms with van der Waals surface area (Å²) in [5, 5.41) is 2.23. The van der Waals surface area contributed by atoms with Crippen LogP contribution in [0.25, 0.3) is 10.2 Å². The third kappa shape index (κ3) is 2.04. The fraction of sp³-hybridized carbons (Fsp3) is 0.333. The van der Waals surface area contributed by atoms with Crippen molar-refractivity contribution in [3.63, 3.8) is 0 Å². The second-order valence-electron chi connectivity index (χ2n) is 3.64. The summed E-state index contributed by atoms with van der Waals surface area (Å²) in [7, 11) is 0. The largest absolute Gasteiger partial charge is 0.462 e. The molecular weight excluding hydrogens is 274 g/mol. The van der Waals surface area contributed by atoms with Crippen molar-refractivity contribution in [2.45, 2.75) is 20.4 Å². The van der Waals surface area contributed by atoms with Crippen LogP contribution in [0.3, 0.4) is 0 Å². The molecule has 0 saturated heterocycles. The highest BCUT2D eigenvalue weighted by molar-refractivity contribution is 7.17. The van der Waals surface area contributed by atoms with E-state index in [1.54, 1.807) is 16.9 Å². The molecule has 2 heterocycles. The Bertz CT molecular complexity index is 659. The zero-order valence-corrected chi connectivity index (χ0v) is 11.6. The SMILES string of the molecule is CCOC(=O)c1cn(CC)c2c(Cl)csc2c1=O. The van der Waals surface area contributed by atoms with Gasteiger partial charge in [0.15, 0.2) is 0 Å². The number of hydrogen-bond acceptors (Lipinski definition) is 4. The lowest BCUT2D eigenvalue weighted by atomic mass is 10.2. The van der Waals surface area contributed by atoms with Gasteiger partial charge in [-0.1, -0.05) is 11.6 Å². The number of aryl methyl sites for hydroxylation is 1. The van der Waals surface area contributed by atoms with Crippen LogP contribution in [-0.4, -0.2) is 17.1 Å². The third-order valence-electron chi connectivity index (χ3n) is 2.58. The number of aromatic nitrogens is 1. The van der Waals surface area contributed by atoms with Crippen molar-refractivity contribution in [3.8, 4) is 0 Å². The number of thiophene rings is 1. The van der Waals surface area contributed by atoms with Crippen molar-refractivity contribution >= 4 is 39.1 Å². The number of nitrogens with zero attached hydrogens (tertiary/aromatic N) is 1. The highest BCUT2D eigenvalue weighted by atomic mass is 35.5. The van der Waals surface area contributed by atoms with Gasteiger partial charge >= 0.3 is 5.97 Å². The normalized spacial score (nSPS) is 10.8. The van der Waals surface area contributed by atoms with Gasteiger partial charge in [0, 0.05) is 18.1 Å². The van der Waals surface area contributed by atoms with Gasteiger partial charge in [-0.3, -0.25) is 4.79 Å². The van der Waals surface area contributed by atoms with Crippen LogP contribution in [0, 0.1) is 0 Å². The Morgan fingerprint density at radius 3 is 2.83 bits per heavy atom. The monoisotopic (exact) mass is 285 g/mol. The molecule has 96 valence electrons. The van der Waals surface area contributed by atoms with Crippen molar-refractivity contribution < 1.29 is 9.53 Å². The Morgan fingerprint density at radius 2 is 2.22 bits per heavy atom. The Hall–Kier alpha value is -1.33. The van der Waals surface area contributed by atoms with E-state index < -0.39 is 5.97 Å². The van der Waals surface area contributed by atoms with Gasteiger partial charge in [0.05, 0.1) is 17.1 Å². The van der Waals surface area contributed by atoms with E-state index in [9.17, 15) is 9.59 Å². The van der Waals surface area contributed by atoms with E-state index in [2.05, 4.69) is 0 Å². The van der Waals surface area contributed by atoms with Crippen LogP contribution >= 0.6 is 22.9 Å². The molecule has 4 nitrogen and oxygen atoms in total. The minimum atomic E-state index is -0.587. The Kier molecular flexibility index (Phi) is 3.73. The number of carbonyl (C=O) groups is 1. The van der Waals surface area contributed by atoms with Crippen molar-refractivity contribution in [2.24, 2.45) is 0 Å². The molecule has 18 heavy (non-hydrogen) atoms. The van der Waals surface area contributed by atoms with E-state index >= 15 is 0 Å². The number of fused-ring (bicyclic) bond motifs is 1. The fourth-order valence-electron chi connectivity index (χ4n) is 1.76. The van der Waals surface area contributed by atoms with Gasteiger partial charge in [0.25, 0.3) is 0 Å². The average Bonchev–Trinajstić information content (AvgIpc) is 2.73. The molecule has 0 aliphatic rings. The van der Waals surface area contributed by atoms with Gasteiger partial charge in [-0.15, -0.1) is 11.3 Å². The van der Waals surface area contributed by atoms with Gasteiger partial charge < -0.3 is 9.30 Å². The lowest BCUT2D eigenvalue weighted by Gasteiger charge is -2.08. The number of carbonyl (C=O) groups excluding carboxylic acids is 1. The van der Waals surface area contributed by atoms with E-state index in [0.29, 0.717) is 21.8 Å². The molecule has 0 aliphatic heterocycles. The number of hydrogen-bond donors (Lipinski definition) is 0. The quantitative estimate of drug-likeness (QED) is 0.815. The molecule has 2 aromatic rings. The molecule has 0 N–H and O–H groups in total. The summed E-state index contributed by atoms with van der Waals surface area (Å²) in [6, 6.07) is 0. The van der Waals surface area contributed by atoms with Gasteiger partial charge in [-0.2, -0.15) is 0 Å². The molecule has 0 saturated carbocycles. The second-order valence-corrected chi connectivity index (χ2v) is 4.93. The van der Waals surface area contributed by atoms with Gasteiger partial charge in [0.1, 0.15) is 10.3 Å². The predicted molar refractivity (Wildman–Crippen MR) is 72.7 cm³/mol. The minimum Gasteiger partial charge on any atom is -0.462 e. The van der Waals surface area contributed by atoms with Crippen LogP contribution < -0.4 is 5.43 Å². The van der Waals surface area contributed by atoms with E-state index in [1.165, 1.54) is 17.5 Å². The summed E-state index contributed by atoms with van der Waals surface area (Å²) in [5.74, 6) is -0.587. The summed E-state index contributed by atoms with van der Waals surface area (Å²) >= 11 is 7.30. The first-order chi connectivity index (χ1) is 8.60. The number of pyridine rings is 1. The predicted octanol–water partition coefficient (Wildman–Crippen LogP) is 2.91. The summed E-state index contributed by atoms with van der Waals surface area (Å²) < 4.78 is 7.17. The number of halogens is 1. The summed E-state index contributed by atoms with van der Waals surface area (Å²) in [6.07, 6.45) is 1.52. The van der Waals surface area contributed by atoms with Crippen LogP contribution in [0.1, 0.15) is 24.2 Å². The summed E-state index contributed by atoms with van der Waals surface area (Å²) in [5.41, 5.74) is 0.428. The minimum absolute atomic E-state index is 0.0599. The molecule has 0 radical (unpaired) electrons. The molecule has 2 aromatic heterocycles. The van der Waals surface area contributed by atoms with Crippen molar-refractivity contribution in [3.05, 3.63) is 32.4 Å². The Labute approximate surface area is 113 Å². The molecule has 2 rings (SSSR count). The summed E-state index contributed by atoms with van der Waals surface area (Å²) in [4.78, 5) is 23.9. The number of esters is 1. The molecule has 0 aromatic carbocycles. The van der Waals surface area contributed by atoms with Gasteiger partial charge in [0.2, 0.25) is 5.43 Å². The fourth-order valence-corrected chi connectivity index (χ4v) is 3.05. The summed E-state index contributed by atoms with van der Waals surface area (Å²) in [6.45, 7) is 4.50. The molecule has 0 spiro atoms. The first kappa shape index (κ1) is 13.1. The van der Waals surface area contributed by atoms with E-state index in [-0.39, 0.29) is 17.6 Å². The molecular formula is C12H12ClNO3S. The third-order valence-corrected chi connectivity index (χ3v) is 3.97. The average molecular weight is 286 g/mol. The molecule has 0 atom stereocenters. The molecule has 6 heteroatoms. The first-order valence-electron chi connectivity index (χ1n) is 5.57. The molecule has 0 unspecified atom stereocenters. The first-order valence-corrected chi connectivity index (χ1v) is 6.83. The van der Waals surface area contributed by atoms with Crippen molar-refractivity contribution in [1.82, 2.24) is 4.57 Å². The zero-order valence-electron chi connectivity index (χ0n) is 10.0. The van der Waals surface area contributed by atoms with Crippen molar-refractivity contribution in [1.29, 1.82) is 0 Å². The lowest BCUT2D eigenvalue weighted by molar-refractivity contribution is 0.0524. The highest BCUT2D eigenvalue weighted by Gasteiger charge is 2.18. The molecule has 0 fully saturated rings. The van der Waals surface area contributed by atoms with E-state index in [4.69, 9.17) is 16.3 Å². The van der Waals surface area contributed by atoms with Crippen LogP contribution in [0.2, 0.25) is 5.02 Å². The van der Waals surface area contributed by atoms with Gasteiger partial charge in [-0.25, -0.2) is 4.79 Å². The number of ether oxygens (including phenoxy) is 1. The van der Waals surface area contributed by atoms with Crippen LogP contribution in [0.4, 0.5) is 0 Å². The van der Waals surface area contributed by atoms with Gasteiger partial charge in [-0.05, 0) is 13.8 Å². The van der Waals surface area contributed by atoms with Crippen LogP contribution in [0.15, 0.2) is 16.4 Å². The van der Waals surface area contributed by atoms with Crippen LogP contribution in [0.5, 0.6) is 0 Å². The maximum atomic E-state index is 12.2. The number of rotatable bonds is 3. The molecule has 0 bridgehead atoms. The highest BCUT2D eigenvalue weighted by Crippen LogP contribution is 2.28. The van der Waals surface area contributed by atoms with Crippen molar-refractivity contribution in [2.75, 3.05) is 6.61 Å². The maximum Gasteiger partial charge on any atom is 0.343 e. The standard InChI is InChI=1S/C12H12ClNO3S/c1-3-14-5-7(12(16)17-4-2)10(15)11-9(14)8(13)6-18-11/h5-6H,3-4H2,1-2H3. The smallest absolute Gasteiger partial charge is 0.343 e. The topological polar surface area (TPSA) is 48.3 Å². The van der Waals surface area contributed by atoms with E-state index in [0.717, 1.165) is 0 Å². The van der Waals surface area contributed by atoms with E-state index in [1.807, 2.05) is 6.92 Å². The lowest BCUT2D eigenvalue weighted by Crippen LogP contribution is -2.19. The second kappa shape index (κ2) is 5.12.